The molecule has 0 fully saturated rings. The molecule has 2 aromatic rings. The van der Waals surface area contributed by atoms with Crippen molar-refractivity contribution in [3.63, 3.8) is 0 Å². The number of hydrogen-bond donors (Lipinski definition) is 1. The Bertz CT molecular complexity index is 496. The third-order valence-electron chi connectivity index (χ3n) is 2.45. The third kappa shape index (κ3) is 3.16. The lowest BCUT2D eigenvalue weighted by Gasteiger charge is -2.10. The van der Waals surface area contributed by atoms with Gasteiger partial charge in [-0.15, -0.1) is 0 Å². The molecule has 0 spiro atoms. The van der Waals surface area contributed by atoms with Crippen LogP contribution in [-0.4, -0.2) is 30.0 Å². The van der Waals surface area contributed by atoms with E-state index in [-0.39, 0.29) is 0 Å². The molecular formula is C13H17N3O2. The maximum Gasteiger partial charge on any atom is 0.161 e. The molecular weight excluding hydrogens is 230 g/mol. The van der Waals surface area contributed by atoms with E-state index in [4.69, 9.17) is 9.47 Å². The largest absolute Gasteiger partial charge is 0.493 e. The molecule has 0 atom stereocenters. The summed E-state index contributed by atoms with van der Waals surface area (Å²) in [6, 6.07) is 9.52. The van der Waals surface area contributed by atoms with E-state index in [2.05, 4.69) is 10.4 Å². The Hall–Kier alpha value is -2.17. The lowest BCUT2D eigenvalue weighted by molar-refractivity contribution is 0.305. The van der Waals surface area contributed by atoms with Gasteiger partial charge in [-0.05, 0) is 12.1 Å². The van der Waals surface area contributed by atoms with Crippen LogP contribution >= 0.6 is 0 Å². The van der Waals surface area contributed by atoms with Crippen molar-refractivity contribution in [3.05, 3.63) is 36.5 Å². The van der Waals surface area contributed by atoms with Gasteiger partial charge in [0.25, 0.3) is 0 Å². The van der Waals surface area contributed by atoms with Gasteiger partial charge in [0, 0.05) is 19.3 Å². The van der Waals surface area contributed by atoms with Crippen molar-refractivity contribution in [1.29, 1.82) is 0 Å². The Balaban J connectivity index is 1.78. The highest BCUT2D eigenvalue weighted by Crippen LogP contribution is 2.25. The van der Waals surface area contributed by atoms with E-state index in [9.17, 15) is 0 Å². The zero-order valence-electron chi connectivity index (χ0n) is 10.6. The van der Waals surface area contributed by atoms with Gasteiger partial charge in [-0.3, -0.25) is 4.68 Å². The van der Waals surface area contributed by atoms with Crippen LogP contribution in [0.1, 0.15) is 0 Å². The quantitative estimate of drug-likeness (QED) is 0.792. The number of aryl methyl sites for hydroxylation is 1. The van der Waals surface area contributed by atoms with E-state index in [1.807, 2.05) is 43.6 Å². The zero-order chi connectivity index (χ0) is 12.8. The van der Waals surface area contributed by atoms with Crippen LogP contribution in [0.3, 0.4) is 0 Å². The molecule has 2 rings (SSSR count). The number of rotatable bonds is 6. The molecule has 0 amide bonds. The maximum absolute atomic E-state index is 5.63. The highest BCUT2D eigenvalue weighted by molar-refractivity contribution is 5.39. The van der Waals surface area contributed by atoms with Gasteiger partial charge in [0.2, 0.25) is 0 Å². The van der Waals surface area contributed by atoms with Crippen molar-refractivity contribution in [2.75, 3.05) is 25.6 Å². The molecule has 0 saturated carbocycles. The predicted octanol–water partition coefficient (Wildman–Crippen LogP) is 1.92. The second kappa shape index (κ2) is 5.95. The fraction of sp³-hybridized carbons (Fsp3) is 0.308. The molecule has 1 N–H and O–H groups in total. The molecule has 0 aliphatic rings. The highest BCUT2D eigenvalue weighted by atomic mass is 16.5. The van der Waals surface area contributed by atoms with Crippen LogP contribution in [0.15, 0.2) is 36.5 Å². The van der Waals surface area contributed by atoms with E-state index in [1.54, 1.807) is 11.8 Å². The molecule has 5 heteroatoms. The number of benzene rings is 1. The number of methoxy groups -OCH3 is 1. The van der Waals surface area contributed by atoms with Gasteiger partial charge in [0.1, 0.15) is 12.4 Å². The van der Waals surface area contributed by atoms with Crippen LogP contribution in [0.4, 0.5) is 5.82 Å². The average molecular weight is 247 g/mol. The number of anilines is 1. The van der Waals surface area contributed by atoms with E-state index >= 15 is 0 Å². The first kappa shape index (κ1) is 12.3. The van der Waals surface area contributed by atoms with Crippen LogP contribution in [0.5, 0.6) is 11.5 Å². The summed E-state index contributed by atoms with van der Waals surface area (Å²) in [4.78, 5) is 0. The van der Waals surface area contributed by atoms with Crippen molar-refractivity contribution in [2.45, 2.75) is 0 Å². The Morgan fingerprint density at radius 2 is 2.00 bits per heavy atom. The van der Waals surface area contributed by atoms with Gasteiger partial charge in [-0.2, -0.15) is 5.10 Å². The fourth-order valence-electron chi connectivity index (χ4n) is 1.59. The summed E-state index contributed by atoms with van der Waals surface area (Å²) >= 11 is 0. The van der Waals surface area contributed by atoms with Gasteiger partial charge in [0.15, 0.2) is 11.5 Å². The minimum atomic E-state index is 0.553. The van der Waals surface area contributed by atoms with Gasteiger partial charge in [-0.25, -0.2) is 0 Å². The lowest BCUT2D eigenvalue weighted by Crippen LogP contribution is -2.12. The SMILES string of the molecule is COc1ccccc1OCCNc1ccn(C)n1. The summed E-state index contributed by atoms with van der Waals surface area (Å²) in [5, 5.41) is 7.39. The van der Waals surface area contributed by atoms with Crippen LogP contribution in [0.25, 0.3) is 0 Å². The summed E-state index contributed by atoms with van der Waals surface area (Å²) in [5.41, 5.74) is 0. The average Bonchev–Trinajstić information content (AvgIpc) is 2.81. The van der Waals surface area contributed by atoms with Crippen LogP contribution < -0.4 is 14.8 Å². The van der Waals surface area contributed by atoms with Crippen molar-refractivity contribution in [3.8, 4) is 11.5 Å². The second-order valence-corrected chi connectivity index (χ2v) is 3.80. The molecule has 0 aliphatic heterocycles. The summed E-state index contributed by atoms with van der Waals surface area (Å²) < 4.78 is 12.6. The first-order valence-electron chi connectivity index (χ1n) is 5.79. The molecule has 1 aromatic heterocycles. The number of ether oxygens (including phenoxy) is 2. The number of para-hydroxylation sites is 2. The number of nitrogens with zero attached hydrogens (tertiary/aromatic N) is 2. The van der Waals surface area contributed by atoms with Crippen molar-refractivity contribution >= 4 is 5.82 Å². The van der Waals surface area contributed by atoms with E-state index < -0.39 is 0 Å². The monoisotopic (exact) mass is 247 g/mol. The summed E-state index contributed by atoms with van der Waals surface area (Å²) in [5.74, 6) is 2.35. The number of hydrogen-bond acceptors (Lipinski definition) is 4. The molecule has 0 unspecified atom stereocenters. The van der Waals surface area contributed by atoms with Crippen molar-refractivity contribution < 1.29 is 9.47 Å². The first-order valence-corrected chi connectivity index (χ1v) is 5.79. The molecule has 0 saturated heterocycles. The third-order valence-corrected chi connectivity index (χ3v) is 2.45. The van der Waals surface area contributed by atoms with Crippen LogP contribution in [0.2, 0.25) is 0 Å². The minimum Gasteiger partial charge on any atom is -0.493 e. The topological polar surface area (TPSA) is 48.3 Å². The molecule has 0 bridgehead atoms. The standard InChI is InChI=1S/C13H17N3O2/c1-16-9-7-13(15-16)14-8-10-18-12-6-4-3-5-11(12)17-2/h3-7,9H,8,10H2,1-2H3,(H,14,15). The molecule has 1 heterocycles. The normalized spacial score (nSPS) is 10.1. The number of nitrogens with one attached hydrogen (secondary N) is 1. The summed E-state index contributed by atoms with van der Waals surface area (Å²) in [7, 11) is 3.52. The maximum atomic E-state index is 5.63. The smallest absolute Gasteiger partial charge is 0.161 e. The first-order chi connectivity index (χ1) is 8.79. The van der Waals surface area contributed by atoms with Crippen LogP contribution in [-0.2, 0) is 7.05 Å². The minimum absolute atomic E-state index is 0.553. The van der Waals surface area contributed by atoms with Crippen LogP contribution in [0, 0.1) is 0 Å². The molecule has 5 nitrogen and oxygen atoms in total. The lowest BCUT2D eigenvalue weighted by atomic mass is 10.3. The summed E-state index contributed by atoms with van der Waals surface area (Å²) in [6.45, 7) is 1.24. The highest BCUT2D eigenvalue weighted by Gasteiger charge is 2.02. The Labute approximate surface area is 106 Å². The van der Waals surface area contributed by atoms with E-state index in [0.717, 1.165) is 17.3 Å². The van der Waals surface area contributed by atoms with E-state index in [0.29, 0.717) is 13.2 Å². The summed E-state index contributed by atoms with van der Waals surface area (Å²) in [6.07, 6.45) is 1.89. The van der Waals surface area contributed by atoms with Gasteiger partial charge >= 0.3 is 0 Å². The molecule has 0 aliphatic carbocycles. The van der Waals surface area contributed by atoms with E-state index in [1.165, 1.54) is 0 Å². The predicted molar refractivity (Wildman–Crippen MR) is 70.2 cm³/mol. The second-order valence-electron chi connectivity index (χ2n) is 3.80. The fourth-order valence-corrected chi connectivity index (χ4v) is 1.59. The Kier molecular flexibility index (Phi) is 4.06. The molecule has 96 valence electrons. The zero-order valence-corrected chi connectivity index (χ0v) is 10.6. The van der Waals surface area contributed by atoms with Gasteiger partial charge < -0.3 is 14.8 Å². The molecule has 1 aromatic carbocycles. The van der Waals surface area contributed by atoms with Gasteiger partial charge in [-0.1, -0.05) is 12.1 Å². The molecule has 18 heavy (non-hydrogen) atoms. The van der Waals surface area contributed by atoms with Gasteiger partial charge in [0.05, 0.1) is 13.7 Å². The van der Waals surface area contributed by atoms with Crippen molar-refractivity contribution in [2.24, 2.45) is 7.05 Å². The Morgan fingerprint density at radius 1 is 1.22 bits per heavy atom. The number of aromatic nitrogens is 2. The molecule has 0 radical (unpaired) electrons. The van der Waals surface area contributed by atoms with Crippen molar-refractivity contribution in [1.82, 2.24) is 9.78 Å². The Morgan fingerprint density at radius 3 is 2.67 bits per heavy atom.